The minimum atomic E-state index is -3.74. The molecule has 0 radical (unpaired) electrons. The number of nitrogens with zero attached hydrogens (tertiary/aromatic N) is 2. The molecule has 1 heterocycles. The molecular weight excluding hydrogens is 450 g/mol. The topological polar surface area (TPSA) is 93.1 Å². The van der Waals surface area contributed by atoms with Gasteiger partial charge in [0.05, 0.1) is 4.90 Å². The highest BCUT2D eigenvalue weighted by atomic mass is 32.2. The van der Waals surface area contributed by atoms with Crippen molar-refractivity contribution in [2.45, 2.75) is 17.4 Å². The van der Waals surface area contributed by atoms with E-state index < -0.39 is 10.0 Å². The van der Waals surface area contributed by atoms with Crippen LogP contribution in [0, 0.1) is 0 Å². The van der Waals surface area contributed by atoms with Gasteiger partial charge < -0.3 is 15.1 Å². The van der Waals surface area contributed by atoms with Crippen LogP contribution in [0.2, 0.25) is 0 Å². The van der Waals surface area contributed by atoms with Crippen LogP contribution in [-0.4, -0.2) is 68.2 Å². The summed E-state index contributed by atoms with van der Waals surface area (Å²) in [6.07, 6.45) is 0.654. The number of phenols is 2. The minimum Gasteiger partial charge on any atom is -0.504 e. The van der Waals surface area contributed by atoms with Crippen LogP contribution in [0.3, 0.4) is 0 Å². The molecule has 7 nitrogen and oxygen atoms in total. The summed E-state index contributed by atoms with van der Waals surface area (Å²) in [5.74, 6) is -0.412. The Bertz CT molecular complexity index is 1210. The highest BCUT2D eigenvalue weighted by molar-refractivity contribution is 7.89. The van der Waals surface area contributed by atoms with Crippen molar-refractivity contribution in [2.24, 2.45) is 0 Å². The van der Waals surface area contributed by atoms with E-state index >= 15 is 0 Å². The van der Waals surface area contributed by atoms with Crippen molar-refractivity contribution in [1.29, 1.82) is 0 Å². The third-order valence-corrected chi connectivity index (χ3v) is 7.71. The summed E-state index contributed by atoms with van der Waals surface area (Å²) in [6.45, 7) is 3.44. The van der Waals surface area contributed by atoms with Crippen molar-refractivity contribution in [2.75, 3.05) is 39.8 Å². The molecule has 0 bridgehead atoms. The quantitative estimate of drug-likeness (QED) is 0.429. The van der Waals surface area contributed by atoms with Crippen LogP contribution in [-0.2, 0) is 16.4 Å². The summed E-state index contributed by atoms with van der Waals surface area (Å²) in [5, 5.41) is 19.8. The maximum Gasteiger partial charge on any atom is 0.240 e. The fourth-order valence-electron chi connectivity index (χ4n) is 4.27. The number of sulfonamides is 1. The number of hydrogen-bond acceptors (Lipinski definition) is 6. The molecule has 1 saturated heterocycles. The van der Waals surface area contributed by atoms with Crippen LogP contribution >= 0.6 is 0 Å². The number of benzene rings is 3. The molecule has 0 aliphatic carbocycles. The van der Waals surface area contributed by atoms with E-state index in [0.717, 1.165) is 42.9 Å². The Hall–Kier alpha value is -2.91. The Balaban J connectivity index is 1.53. The van der Waals surface area contributed by atoms with Gasteiger partial charge in [0.2, 0.25) is 10.0 Å². The molecule has 34 heavy (non-hydrogen) atoms. The first-order chi connectivity index (χ1) is 16.3. The Morgan fingerprint density at radius 3 is 2.26 bits per heavy atom. The van der Waals surface area contributed by atoms with Gasteiger partial charge in [0, 0.05) is 38.8 Å². The molecule has 180 valence electrons. The molecule has 8 heteroatoms. The Morgan fingerprint density at radius 2 is 1.56 bits per heavy atom. The minimum absolute atomic E-state index is 0.152. The van der Waals surface area contributed by atoms with E-state index in [4.69, 9.17) is 0 Å². The van der Waals surface area contributed by atoms with E-state index in [2.05, 4.69) is 21.6 Å². The summed E-state index contributed by atoms with van der Waals surface area (Å²) >= 11 is 0. The molecule has 0 saturated carbocycles. The first kappa shape index (κ1) is 24.2. The number of likely N-dealkylation sites (N-methyl/N-ethyl adjacent to an activating group) is 1. The standard InChI is InChI=1S/C26H31N3O4S/c1-28-12-14-29(15-13-28)24(22-10-11-25(30)26(31)18-22)19-27-34(32,33)23-9-5-8-21(17-23)16-20-6-3-2-4-7-20/h2-11,17-18,24,27,30-31H,12-16,19H2,1H3. The zero-order valence-electron chi connectivity index (χ0n) is 19.3. The second-order valence-electron chi connectivity index (χ2n) is 8.76. The molecule has 3 aromatic carbocycles. The molecular formula is C26H31N3O4S. The molecule has 0 amide bonds. The monoisotopic (exact) mass is 481 g/mol. The maximum atomic E-state index is 13.2. The SMILES string of the molecule is CN1CCN(C(CNS(=O)(=O)c2cccc(Cc3ccccc3)c2)c2ccc(O)c(O)c2)CC1. The highest BCUT2D eigenvalue weighted by Gasteiger charge is 2.26. The van der Waals surface area contributed by atoms with Crippen molar-refractivity contribution < 1.29 is 18.6 Å². The van der Waals surface area contributed by atoms with Gasteiger partial charge in [-0.2, -0.15) is 0 Å². The average Bonchev–Trinajstić information content (AvgIpc) is 2.83. The van der Waals surface area contributed by atoms with Crippen molar-refractivity contribution in [3.63, 3.8) is 0 Å². The lowest BCUT2D eigenvalue weighted by atomic mass is 10.0. The summed E-state index contributed by atoms with van der Waals surface area (Å²) < 4.78 is 29.2. The van der Waals surface area contributed by atoms with Crippen LogP contribution in [0.25, 0.3) is 0 Å². The van der Waals surface area contributed by atoms with Gasteiger partial charge in [-0.1, -0.05) is 48.5 Å². The molecule has 1 atom stereocenters. The average molecular weight is 482 g/mol. The van der Waals surface area contributed by atoms with E-state index in [9.17, 15) is 18.6 Å². The molecule has 4 rings (SSSR count). The van der Waals surface area contributed by atoms with Gasteiger partial charge in [-0.3, -0.25) is 4.90 Å². The maximum absolute atomic E-state index is 13.2. The Kier molecular flexibility index (Phi) is 7.53. The van der Waals surface area contributed by atoms with Gasteiger partial charge in [-0.05, 0) is 54.4 Å². The second-order valence-corrected chi connectivity index (χ2v) is 10.5. The zero-order chi connectivity index (χ0) is 24.1. The van der Waals surface area contributed by atoms with Crippen LogP contribution in [0.5, 0.6) is 11.5 Å². The molecule has 0 spiro atoms. The van der Waals surface area contributed by atoms with Gasteiger partial charge in [-0.25, -0.2) is 13.1 Å². The number of phenolic OH excluding ortho intramolecular Hbond substituents is 2. The van der Waals surface area contributed by atoms with Crippen molar-refractivity contribution in [1.82, 2.24) is 14.5 Å². The molecule has 1 unspecified atom stereocenters. The van der Waals surface area contributed by atoms with E-state index in [1.165, 1.54) is 12.1 Å². The summed E-state index contributed by atoms with van der Waals surface area (Å²) in [4.78, 5) is 4.66. The molecule has 1 aliphatic heterocycles. The van der Waals surface area contributed by atoms with E-state index in [1.54, 1.807) is 24.3 Å². The smallest absolute Gasteiger partial charge is 0.240 e. The van der Waals surface area contributed by atoms with E-state index in [0.29, 0.717) is 6.42 Å². The first-order valence-corrected chi connectivity index (χ1v) is 12.9. The molecule has 0 aromatic heterocycles. The van der Waals surface area contributed by atoms with Crippen LogP contribution in [0.15, 0.2) is 77.7 Å². The van der Waals surface area contributed by atoms with Crippen LogP contribution in [0.4, 0.5) is 0 Å². The van der Waals surface area contributed by atoms with Crippen LogP contribution < -0.4 is 4.72 Å². The summed E-state index contributed by atoms with van der Waals surface area (Å²) in [6, 6.07) is 21.4. The number of rotatable bonds is 8. The fraction of sp³-hybridized carbons (Fsp3) is 0.308. The van der Waals surface area contributed by atoms with Crippen molar-refractivity contribution >= 4 is 10.0 Å². The predicted octanol–water partition coefficient (Wildman–Crippen LogP) is 2.96. The number of piperazine rings is 1. The summed E-state index contributed by atoms with van der Waals surface area (Å²) in [7, 11) is -1.69. The third-order valence-electron chi connectivity index (χ3n) is 6.29. The molecule has 3 N–H and O–H groups in total. The largest absolute Gasteiger partial charge is 0.504 e. The van der Waals surface area contributed by atoms with Gasteiger partial charge >= 0.3 is 0 Å². The highest BCUT2D eigenvalue weighted by Crippen LogP contribution is 2.31. The van der Waals surface area contributed by atoms with Crippen molar-refractivity contribution in [3.8, 4) is 11.5 Å². The van der Waals surface area contributed by atoms with E-state index in [-0.39, 0.29) is 29.0 Å². The fourth-order valence-corrected chi connectivity index (χ4v) is 5.37. The Morgan fingerprint density at radius 1 is 0.853 bits per heavy atom. The van der Waals surface area contributed by atoms with Crippen molar-refractivity contribution in [3.05, 3.63) is 89.5 Å². The molecule has 3 aromatic rings. The number of aromatic hydroxyl groups is 2. The number of hydrogen-bond donors (Lipinski definition) is 3. The molecule has 1 fully saturated rings. The summed E-state index contributed by atoms with van der Waals surface area (Å²) in [5.41, 5.74) is 2.79. The second kappa shape index (κ2) is 10.6. The lowest BCUT2D eigenvalue weighted by Crippen LogP contribution is -2.48. The van der Waals surface area contributed by atoms with E-state index in [1.807, 2.05) is 36.4 Å². The zero-order valence-corrected chi connectivity index (χ0v) is 20.1. The number of nitrogens with one attached hydrogen (secondary N) is 1. The molecule has 1 aliphatic rings. The van der Waals surface area contributed by atoms with Gasteiger partial charge in [-0.15, -0.1) is 0 Å². The van der Waals surface area contributed by atoms with Crippen LogP contribution in [0.1, 0.15) is 22.7 Å². The van der Waals surface area contributed by atoms with Gasteiger partial charge in [0.25, 0.3) is 0 Å². The third kappa shape index (κ3) is 5.95. The lowest BCUT2D eigenvalue weighted by Gasteiger charge is -2.38. The predicted molar refractivity (Wildman–Crippen MR) is 132 cm³/mol. The first-order valence-electron chi connectivity index (χ1n) is 11.4. The Labute approximate surface area is 201 Å². The van der Waals surface area contributed by atoms with Gasteiger partial charge in [0.15, 0.2) is 11.5 Å². The lowest BCUT2D eigenvalue weighted by molar-refractivity contribution is 0.112. The van der Waals surface area contributed by atoms with Gasteiger partial charge in [0.1, 0.15) is 0 Å². The normalized spacial score (nSPS) is 16.4.